The Hall–Kier alpha value is -1.92. The number of amides is 1. The number of imidazole rings is 1. The van der Waals surface area contributed by atoms with Crippen LogP contribution in [-0.2, 0) is 0 Å². The number of H-pyrrole nitrogens is 1. The number of para-hydroxylation sites is 1. The molecule has 0 spiro atoms. The second-order valence-electron chi connectivity index (χ2n) is 4.68. The molecular formula is C14H17N3O2S. The van der Waals surface area contributed by atoms with Gasteiger partial charge in [-0.25, -0.2) is 0 Å². The van der Waals surface area contributed by atoms with E-state index in [4.69, 9.17) is 12.2 Å². The van der Waals surface area contributed by atoms with Gasteiger partial charge in [0.15, 0.2) is 4.77 Å². The summed E-state index contributed by atoms with van der Waals surface area (Å²) in [6, 6.07) is 9.45. The molecule has 0 unspecified atom stereocenters. The minimum Gasteiger partial charge on any atom is -0.392 e. The molecule has 0 aliphatic rings. The lowest BCUT2D eigenvalue weighted by molar-refractivity contribution is 0.0696. The molecule has 2 N–H and O–H groups in total. The van der Waals surface area contributed by atoms with Crippen molar-refractivity contribution in [2.45, 2.75) is 13.0 Å². The first-order valence-electron chi connectivity index (χ1n) is 6.30. The molecule has 20 heavy (non-hydrogen) atoms. The van der Waals surface area contributed by atoms with Crippen molar-refractivity contribution in [3.8, 4) is 5.69 Å². The van der Waals surface area contributed by atoms with Gasteiger partial charge in [0, 0.05) is 25.5 Å². The number of aliphatic hydroxyl groups excluding tert-OH is 1. The Morgan fingerprint density at radius 1 is 1.45 bits per heavy atom. The molecule has 2 aromatic rings. The van der Waals surface area contributed by atoms with Gasteiger partial charge in [0.05, 0.1) is 6.10 Å². The number of carbonyl (C=O) groups is 1. The second-order valence-corrected chi connectivity index (χ2v) is 5.07. The van der Waals surface area contributed by atoms with Crippen LogP contribution in [0.3, 0.4) is 0 Å². The van der Waals surface area contributed by atoms with Gasteiger partial charge in [0.1, 0.15) is 5.69 Å². The molecule has 0 bridgehead atoms. The van der Waals surface area contributed by atoms with Crippen molar-refractivity contribution >= 4 is 18.1 Å². The molecule has 1 aromatic heterocycles. The molecule has 5 nitrogen and oxygen atoms in total. The summed E-state index contributed by atoms with van der Waals surface area (Å²) in [5.74, 6) is -0.192. The normalized spacial score (nSPS) is 12.2. The van der Waals surface area contributed by atoms with Crippen molar-refractivity contribution in [1.29, 1.82) is 0 Å². The van der Waals surface area contributed by atoms with E-state index in [9.17, 15) is 9.90 Å². The highest BCUT2D eigenvalue weighted by molar-refractivity contribution is 7.71. The van der Waals surface area contributed by atoms with Crippen LogP contribution in [0.5, 0.6) is 0 Å². The maximum atomic E-state index is 12.4. The number of nitrogens with one attached hydrogen (secondary N) is 1. The van der Waals surface area contributed by atoms with Crippen LogP contribution in [0.2, 0.25) is 0 Å². The zero-order valence-corrected chi connectivity index (χ0v) is 12.2. The number of hydrogen-bond acceptors (Lipinski definition) is 3. The third-order valence-corrected chi connectivity index (χ3v) is 3.20. The van der Waals surface area contributed by atoms with Crippen molar-refractivity contribution in [2.75, 3.05) is 13.6 Å². The largest absolute Gasteiger partial charge is 0.392 e. The van der Waals surface area contributed by atoms with Gasteiger partial charge in [-0.15, -0.1) is 0 Å². The Morgan fingerprint density at radius 2 is 2.10 bits per heavy atom. The fraction of sp³-hybridized carbons (Fsp3) is 0.286. The number of likely N-dealkylation sites (N-methyl/N-ethyl adjacent to an activating group) is 1. The zero-order chi connectivity index (χ0) is 14.7. The predicted octanol–water partition coefficient (Wildman–Crippen LogP) is 1.99. The van der Waals surface area contributed by atoms with Gasteiger partial charge in [-0.3, -0.25) is 9.36 Å². The molecule has 1 atom stereocenters. The summed E-state index contributed by atoms with van der Waals surface area (Å²) in [5, 5.41) is 9.38. The van der Waals surface area contributed by atoms with Gasteiger partial charge < -0.3 is 15.0 Å². The summed E-state index contributed by atoms with van der Waals surface area (Å²) in [5.41, 5.74) is 1.27. The van der Waals surface area contributed by atoms with Gasteiger partial charge in [-0.05, 0) is 31.3 Å². The topological polar surface area (TPSA) is 61.3 Å². The van der Waals surface area contributed by atoms with Crippen LogP contribution in [0.4, 0.5) is 0 Å². The fourth-order valence-electron chi connectivity index (χ4n) is 2.03. The smallest absolute Gasteiger partial charge is 0.272 e. The standard InChI is InChI=1S/C14H17N3O2S/c1-10(18)9-16(2)13(19)12-8-15-14(20)17(12)11-6-4-3-5-7-11/h3-8,10,18H,9H2,1-2H3,(H,15,20)/t10-/m0/s1. The van der Waals surface area contributed by atoms with Gasteiger partial charge in [-0.1, -0.05) is 18.2 Å². The molecular weight excluding hydrogens is 274 g/mol. The molecule has 0 aliphatic heterocycles. The number of hydrogen-bond donors (Lipinski definition) is 2. The lowest BCUT2D eigenvalue weighted by atomic mass is 10.3. The van der Waals surface area contributed by atoms with Gasteiger partial charge in [-0.2, -0.15) is 0 Å². The van der Waals surface area contributed by atoms with Crippen molar-refractivity contribution in [3.63, 3.8) is 0 Å². The summed E-state index contributed by atoms with van der Waals surface area (Å²) >= 11 is 5.24. The Balaban J connectivity index is 2.40. The molecule has 2 rings (SSSR count). The van der Waals surface area contributed by atoms with Crippen LogP contribution in [0, 0.1) is 4.77 Å². The van der Waals surface area contributed by atoms with Gasteiger partial charge in [0.2, 0.25) is 0 Å². The third kappa shape index (κ3) is 2.97. The lowest BCUT2D eigenvalue weighted by Gasteiger charge is -2.19. The highest BCUT2D eigenvalue weighted by Gasteiger charge is 2.19. The third-order valence-electron chi connectivity index (χ3n) is 2.89. The van der Waals surface area contributed by atoms with E-state index in [-0.39, 0.29) is 12.5 Å². The number of benzene rings is 1. The maximum Gasteiger partial charge on any atom is 0.272 e. The lowest BCUT2D eigenvalue weighted by Crippen LogP contribution is -2.34. The maximum absolute atomic E-state index is 12.4. The van der Waals surface area contributed by atoms with E-state index in [1.54, 1.807) is 24.7 Å². The van der Waals surface area contributed by atoms with E-state index in [1.807, 2.05) is 30.3 Å². The predicted molar refractivity (Wildman–Crippen MR) is 79.6 cm³/mol. The Kier molecular flexibility index (Phi) is 4.36. The van der Waals surface area contributed by atoms with E-state index >= 15 is 0 Å². The van der Waals surface area contributed by atoms with E-state index in [2.05, 4.69) is 4.98 Å². The van der Waals surface area contributed by atoms with Crippen molar-refractivity contribution in [3.05, 3.63) is 47.0 Å². The Morgan fingerprint density at radius 3 is 2.70 bits per heavy atom. The first-order valence-corrected chi connectivity index (χ1v) is 6.71. The van der Waals surface area contributed by atoms with Crippen LogP contribution in [0.25, 0.3) is 5.69 Å². The molecule has 1 heterocycles. The minimum atomic E-state index is -0.573. The highest BCUT2D eigenvalue weighted by Crippen LogP contribution is 2.14. The van der Waals surface area contributed by atoms with Gasteiger partial charge >= 0.3 is 0 Å². The molecule has 6 heteroatoms. The molecule has 1 amide bonds. The van der Waals surface area contributed by atoms with Crippen molar-refractivity contribution < 1.29 is 9.90 Å². The molecule has 1 aromatic carbocycles. The summed E-state index contributed by atoms with van der Waals surface area (Å²) in [6.45, 7) is 1.91. The molecule has 0 saturated carbocycles. The number of aliphatic hydroxyl groups is 1. The summed E-state index contributed by atoms with van der Waals surface area (Å²) in [6.07, 6.45) is 1.02. The van der Waals surface area contributed by atoms with Crippen LogP contribution in [0.1, 0.15) is 17.4 Å². The number of carbonyl (C=O) groups excluding carboxylic acids is 1. The number of rotatable bonds is 4. The average molecular weight is 291 g/mol. The first kappa shape index (κ1) is 14.5. The van der Waals surface area contributed by atoms with E-state index < -0.39 is 6.10 Å². The second kappa shape index (κ2) is 6.02. The van der Waals surface area contributed by atoms with E-state index in [0.717, 1.165) is 5.69 Å². The van der Waals surface area contributed by atoms with Gasteiger partial charge in [0.25, 0.3) is 5.91 Å². The van der Waals surface area contributed by atoms with Crippen LogP contribution >= 0.6 is 12.2 Å². The number of aromatic nitrogens is 2. The van der Waals surface area contributed by atoms with Crippen molar-refractivity contribution in [2.24, 2.45) is 0 Å². The SMILES string of the molecule is C[C@H](O)CN(C)C(=O)c1c[nH]c(=S)n1-c1ccccc1. The monoisotopic (exact) mass is 291 g/mol. The zero-order valence-electron chi connectivity index (χ0n) is 11.4. The Labute approximate surface area is 122 Å². The molecule has 0 radical (unpaired) electrons. The molecule has 0 fully saturated rings. The van der Waals surface area contributed by atoms with E-state index in [0.29, 0.717) is 10.5 Å². The Bertz CT molecular complexity index is 646. The summed E-state index contributed by atoms with van der Waals surface area (Å²) in [4.78, 5) is 16.8. The van der Waals surface area contributed by atoms with Crippen LogP contribution in [-0.4, -0.2) is 45.2 Å². The van der Waals surface area contributed by atoms with Crippen LogP contribution in [0.15, 0.2) is 36.5 Å². The minimum absolute atomic E-state index is 0.192. The molecule has 0 saturated heterocycles. The summed E-state index contributed by atoms with van der Waals surface area (Å²) < 4.78 is 2.15. The number of aromatic amines is 1. The number of nitrogens with zero attached hydrogens (tertiary/aromatic N) is 2. The quantitative estimate of drug-likeness (QED) is 0.847. The summed E-state index contributed by atoms with van der Waals surface area (Å²) in [7, 11) is 1.65. The van der Waals surface area contributed by atoms with Crippen molar-refractivity contribution in [1.82, 2.24) is 14.5 Å². The van der Waals surface area contributed by atoms with E-state index in [1.165, 1.54) is 4.90 Å². The van der Waals surface area contributed by atoms with Crippen LogP contribution < -0.4 is 0 Å². The highest BCUT2D eigenvalue weighted by atomic mass is 32.1. The molecule has 106 valence electrons. The first-order chi connectivity index (χ1) is 9.50. The average Bonchev–Trinajstić information content (AvgIpc) is 2.80. The fourth-order valence-corrected chi connectivity index (χ4v) is 2.30. The molecule has 0 aliphatic carbocycles.